The van der Waals surface area contributed by atoms with E-state index in [1.807, 2.05) is 0 Å². The van der Waals surface area contributed by atoms with Crippen LogP contribution in [0.15, 0.2) is 0 Å². The second-order valence-electron chi connectivity index (χ2n) is 4.99. The first-order chi connectivity index (χ1) is 6.66. The van der Waals surface area contributed by atoms with E-state index in [2.05, 4.69) is 19.2 Å². The van der Waals surface area contributed by atoms with Crippen LogP contribution in [0.1, 0.15) is 58.8 Å². The van der Waals surface area contributed by atoms with Crippen molar-refractivity contribution in [2.24, 2.45) is 5.73 Å². The van der Waals surface area contributed by atoms with Crippen molar-refractivity contribution in [3.05, 3.63) is 0 Å². The molecule has 0 saturated heterocycles. The first kappa shape index (κ1) is 12.0. The summed E-state index contributed by atoms with van der Waals surface area (Å²) in [6.07, 6.45) is 8.96. The van der Waals surface area contributed by atoms with Gasteiger partial charge in [-0.3, -0.25) is 0 Å². The highest BCUT2D eigenvalue weighted by Gasteiger charge is 2.28. The topological polar surface area (TPSA) is 38.0 Å². The Morgan fingerprint density at radius 1 is 1.36 bits per heavy atom. The molecule has 0 bridgehead atoms. The maximum Gasteiger partial charge on any atom is 0.0280 e. The lowest BCUT2D eigenvalue weighted by Crippen LogP contribution is -2.48. The van der Waals surface area contributed by atoms with Gasteiger partial charge in [0.05, 0.1) is 0 Å². The maximum absolute atomic E-state index is 6.27. The minimum Gasteiger partial charge on any atom is -0.324 e. The summed E-state index contributed by atoms with van der Waals surface area (Å²) < 4.78 is 0. The fourth-order valence-electron chi connectivity index (χ4n) is 2.25. The lowest BCUT2D eigenvalue weighted by molar-refractivity contribution is 0.370. The second-order valence-corrected chi connectivity index (χ2v) is 4.99. The summed E-state index contributed by atoms with van der Waals surface area (Å²) in [4.78, 5) is 0. The van der Waals surface area contributed by atoms with E-state index in [0.717, 1.165) is 6.54 Å². The van der Waals surface area contributed by atoms with Crippen molar-refractivity contribution >= 4 is 0 Å². The maximum atomic E-state index is 6.27. The van der Waals surface area contributed by atoms with Crippen molar-refractivity contribution in [2.45, 2.75) is 70.4 Å². The molecule has 1 aliphatic carbocycles. The fraction of sp³-hybridized carbons (Fsp3) is 1.00. The fourth-order valence-corrected chi connectivity index (χ4v) is 2.25. The van der Waals surface area contributed by atoms with Gasteiger partial charge in [0.2, 0.25) is 0 Å². The van der Waals surface area contributed by atoms with Gasteiger partial charge in [-0.1, -0.05) is 32.6 Å². The predicted molar refractivity (Wildman–Crippen MR) is 62.4 cm³/mol. The lowest BCUT2D eigenvalue weighted by Gasteiger charge is -2.26. The zero-order chi connectivity index (χ0) is 10.4. The van der Waals surface area contributed by atoms with Crippen molar-refractivity contribution in [3.63, 3.8) is 0 Å². The van der Waals surface area contributed by atoms with Gasteiger partial charge in [-0.25, -0.2) is 0 Å². The molecule has 0 amide bonds. The third-order valence-corrected chi connectivity index (χ3v) is 3.39. The van der Waals surface area contributed by atoms with Gasteiger partial charge in [0.15, 0.2) is 0 Å². The third-order valence-electron chi connectivity index (χ3n) is 3.39. The Morgan fingerprint density at radius 3 is 2.57 bits per heavy atom. The number of hydrogen-bond donors (Lipinski definition) is 2. The van der Waals surface area contributed by atoms with Crippen LogP contribution in [0.3, 0.4) is 0 Å². The van der Waals surface area contributed by atoms with Gasteiger partial charge in [0.25, 0.3) is 0 Å². The molecule has 0 aromatic carbocycles. The zero-order valence-corrected chi connectivity index (χ0v) is 9.81. The summed E-state index contributed by atoms with van der Waals surface area (Å²) in [5.41, 5.74) is 6.39. The van der Waals surface area contributed by atoms with Crippen molar-refractivity contribution < 1.29 is 0 Å². The van der Waals surface area contributed by atoms with Gasteiger partial charge in [-0.05, 0) is 26.2 Å². The quantitative estimate of drug-likeness (QED) is 0.688. The van der Waals surface area contributed by atoms with Crippen LogP contribution in [0.4, 0.5) is 0 Å². The third kappa shape index (κ3) is 3.97. The van der Waals surface area contributed by atoms with E-state index >= 15 is 0 Å². The molecule has 0 radical (unpaired) electrons. The second kappa shape index (κ2) is 5.72. The molecule has 2 heteroatoms. The minimum absolute atomic E-state index is 0.112. The molecular formula is C12H26N2. The summed E-state index contributed by atoms with van der Waals surface area (Å²) in [5.74, 6) is 0. The number of unbranched alkanes of at least 4 members (excludes halogenated alkanes) is 1. The van der Waals surface area contributed by atoms with Crippen LogP contribution in [0, 0.1) is 0 Å². The van der Waals surface area contributed by atoms with Gasteiger partial charge in [-0.15, -0.1) is 0 Å². The number of hydrogen-bond acceptors (Lipinski definition) is 2. The van der Waals surface area contributed by atoms with Crippen molar-refractivity contribution in [1.82, 2.24) is 5.32 Å². The van der Waals surface area contributed by atoms with Crippen LogP contribution in [0.2, 0.25) is 0 Å². The standard InChI is InChI=1S/C12H26N2/c1-3-4-7-11(2)14-10-12(13)8-5-6-9-12/h11,14H,3-10,13H2,1-2H3. The Kier molecular flexibility index (Phi) is 4.90. The molecule has 2 nitrogen and oxygen atoms in total. The number of nitrogens with two attached hydrogens (primary N) is 1. The number of nitrogens with one attached hydrogen (secondary N) is 1. The van der Waals surface area contributed by atoms with Crippen LogP contribution in [-0.4, -0.2) is 18.1 Å². The van der Waals surface area contributed by atoms with Gasteiger partial charge >= 0.3 is 0 Å². The molecule has 0 spiro atoms. The Balaban J connectivity index is 2.12. The Morgan fingerprint density at radius 2 is 2.00 bits per heavy atom. The van der Waals surface area contributed by atoms with Gasteiger partial charge in [-0.2, -0.15) is 0 Å². The monoisotopic (exact) mass is 198 g/mol. The first-order valence-electron chi connectivity index (χ1n) is 6.18. The normalized spacial score (nSPS) is 22.5. The highest BCUT2D eigenvalue weighted by Crippen LogP contribution is 2.26. The predicted octanol–water partition coefficient (Wildman–Crippen LogP) is 2.43. The average Bonchev–Trinajstić information content (AvgIpc) is 2.60. The molecule has 0 aromatic heterocycles. The molecular weight excluding hydrogens is 172 g/mol. The van der Waals surface area contributed by atoms with E-state index < -0.39 is 0 Å². The molecule has 1 rings (SSSR count). The molecule has 3 N–H and O–H groups in total. The summed E-state index contributed by atoms with van der Waals surface area (Å²) >= 11 is 0. The van der Waals surface area contributed by atoms with Crippen LogP contribution >= 0.6 is 0 Å². The van der Waals surface area contributed by atoms with E-state index in [4.69, 9.17) is 5.73 Å². The Labute approximate surface area is 88.6 Å². The summed E-state index contributed by atoms with van der Waals surface area (Å²) in [5, 5.41) is 3.57. The van der Waals surface area contributed by atoms with Crippen LogP contribution in [-0.2, 0) is 0 Å². The van der Waals surface area contributed by atoms with E-state index in [-0.39, 0.29) is 5.54 Å². The van der Waals surface area contributed by atoms with Crippen molar-refractivity contribution in [3.8, 4) is 0 Å². The van der Waals surface area contributed by atoms with Crippen LogP contribution < -0.4 is 11.1 Å². The highest BCUT2D eigenvalue weighted by molar-refractivity contribution is 4.91. The Hall–Kier alpha value is -0.0800. The molecule has 1 aliphatic rings. The largest absolute Gasteiger partial charge is 0.324 e. The van der Waals surface area contributed by atoms with Crippen molar-refractivity contribution in [2.75, 3.05) is 6.54 Å². The summed E-state index contributed by atoms with van der Waals surface area (Å²) in [7, 11) is 0. The molecule has 1 atom stereocenters. The average molecular weight is 198 g/mol. The molecule has 0 aliphatic heterocycles. The lowest BCUT2D eigenvalue weighted by atomic mass is 9.98. The van der Waals surface area contributed by atoms with E-state index in [9.17, 15) is 0 Å². The van der Waals surface area contributed by atoms with Gasteiger partial charge in [0.1, 0.15) is 0 Å². The Bertz CT molecular complexity index is 150. The summed E-state index contributed by atoms with van der Waals surface area (Å²) in [6.45, 7) is 5.53. The van der Waals surface area contributed by atoms with Gasteiger partial charge in [0, 0.05) is 18.1 Å². The molecule has 14 heavy (non-hydrogen) atoms. The minimum atomic E-state index is 0.112. The summed E-state index contributed by atoms with van der Waals surface area (Å²) in [6, 6.07) is 0.635. The van der Waals surface area contributed by atoms with Crippen LogP contribution in [0.5, 0.6) is 0 Å². The first-order valence-corrected chi connectivity index (χ1v) is 6.18. The SMILES string of the molecule is CCCCC(C)NCC1(N)CCCC1. The highest BCUT2D eigenvalue weighted by atomic mass is 15.0. The molecule has 1 saturated carbocycles. The van der Waals surface area contributed by atoms with E-state index in [1.54, 1.807) is 0 Å². The van der Waals surface area contributed by atoms with Crippen LogP contribution in [0.25, 0.3) is 0 Å². The van der Waals surface area contributed by atoms with Crippen molar-refractivity contribution in [1.29, 1.82) is 0 Å². The molecule has 84 valence electrons. The molecule has 0 aromatic rings. The van der Waals surface area contributed by atoms with E-state index in [0.29, 0.717) is 6.04 Å². The number of rotatable bonds is 6. The molecule has 0 heterocycles. The zero-order valence-electron chi connectivity index (χ0n) is 9.81. The molecule has 1 unspecified atom stereocenters. The smallest absolute Gasteiger partial charge is 0.0280 e. The van der Waals surface area contributed by atoms with Gasteiger partial charge < -0.3 is 11.1 Å². The molecule has 1 fully saturated rings. The van der Waals surface area contributed by atoms with E-state index in [1.165, 1.54) is 44.9 Å².